The van der Waals surface area contributed by atoms with E-state index in [4.69, 9.17) is 23.2 Å². The number of rotatable bonds is 1. The number of para-hydroxylation sites is 1. The molecule has 3 aromatic rings. The van der Waals surface area contributed by atoms with Crippen molar-refractivity contribution in [1.29, 1.82) is 0 Å². The van der Waals surface area contributed by atoms with E-state index in [0.717, 1.165) is 0 Å². The van der Waals surface area contributed by atoms with Crippen LogP contribution in [0.15, 0.2) is 47.3 Å². The molecule has 2 aromatic carbocycles. The maximum atomic E-state index is 13.0. The van der Waals surface area contributed by atoms with Gasteiger partial charge in [-0.05, 0) is 35.9 Å². The smallest absolute Gasteiger partial charge is 0.271 e. The Morgan fingerprint density at radius 1 is 1.00 bits per heavy atom. The molecule has 0 spiro atoms. The minimum atomic E-state index is -0.504. The van der Waals surface area contributed by atoms with E-state index in [-0.39, 0.29) is 16.1 Å². The lowest BCUT2D eigenvalue weighted by Crippen LogP contribution is -2.44. The van der Waals surface area contributed by atoms with Gasteiger partial charge in [0.15, 0.2) is 0 Å². The van der Waals surface area contributed by atoms with Crippen LogP contribution in [-0.4, -0.2) is 28.9 Å². The fourth-order valence-electron chi connectivity index (χ4n) is 3.16. The summed E-state index contributed by atoms with van der Waals surface area (Å²) >= 11 is 12.1. The van der Waals surface area contributed by atoms with Crippen LogP contribution >= 0.6 is 23.2 Å². The maximum Gasteiger partial charge on any atom is 0.271 e. The molecule has 1 aliphatic rings. The standard InChI is InChI=1S/C20H13Cl2N3O3/c1-25-15-5-3-2-4-12(15)18(26)16(20(25)28)17-13(19(27)24-23-17)8-10-6-7-11(21)9-14(10)22/h2-9,23H,1H3,(H,24,27)/b13-8-,17-16?. The van der Waals surface area contributed by atoms with Crippen molar-refractivity contribution in [3.05, 3.63) is 84.6 Å². The number of aromatic amines is 2. The molecule has 8 heteroatoms. The predicted octanol–water partition coefficient (Wildman–Crippen LogP) is 1.85. The first-order valence-corrected chi connectivity index (χ1v) is 9.03. The van der Waals surface area contributed by atoms with Crippen LogP contribution in [0.5, 0.6) is 0 Å². The molecule has 1 amide bonds. The van der Waals surface area contributed by atoms with E-state index < -0.39 is 17.2 Å². The van der Waals surface area contributed by atoms with Crippen LogP contribution in [0.3, 0.4) is 0 Å². The van der Waals surface area contributed by atoms with Gasteiger partial charge in [-0.3, -0.25) is 24.6 Å². The van der Waals surface area contributed by atoms with Gasteiger partial charge >= 0.3 is 0 Å². The van der Waals surface area contributed by atoms with E-state index in [0.29, 0.717) is 26.9 Å². The predicted molar refractivity (Wildman–Crippen MR) is 108 cm³/mol. The van der Waals surface area contributed by atoms with E-state index in [1.807, 2.05) is 0 Å². The lowest BCUT2D eigenvalue weighted by atomic mass is 9.95. The van der Waals surface area contributed by atoms with Gasteiger partial charge in [-0.2, -0.15) is 0 Å². The number of Topliss-reactive ketones (excluding diaryl/α,β-unsaturated/α-hetero) is 1. The van der Waals surface area contributed by atoms with Crippen LogP contribution in [-0.2, 0) is 4.79 Å². The van der Waals surface area contributed by atoms with E-state index >= 15 is 0 Å². The minimum Gasteiger partial charge on any atom is -0.310 e. The van der Waals surface area contributed by atoms with Crippen molar-refractivity contribution in [2.75, 3.05) is 11.9 Å². The highest BCUT2D eigenvalue weighted by atomic mass is 35.5. The van der Waals surface area contributed by atoms with Crippen LogP contribution in [0.4, 0.5) is 5.69 Å². The molecule has 28 heavy (non-hydrogen) atoms. The van der Waals surface area contributed by atoms with Crippen molar-refractivity contribution in [3.8, 4) is 0 Å². The number of halogens is 2. The van der Waals surface area contributed by atoms with E-state index in [2.05, 4.69) is 10.2 Å². The normalized spacial score (nSPS) is 16.5. The minimum absolute atomic E-state index is 0.115. The average molecular weight is 414 g/mol. The largest absolute Gasteiger partial charge is 0.310 e. The van der Waals surface area contributed by atoms with Crippen molar-refractivity contribution < 1.29 is 9.59 Å². The van der Waals surface area contributed by atoms with Gasteiger partial charge in [0.1, 0.15) is 5.57 Å². The maximum absolute atomic E-state index is 13.0. The molecule has 6 nitrogen and oxygen atoms in total. The number of carbonyl (C=O) groups is 2. The Labute approximate surface area is 168 Å². The number of anilines is 1. The molecule has 4 rings (SSSR count). The topological polar surface area (TPSA) is 86.0 Å². The quantitative estimate of drug-likeness (QED) is 0.638. The van der Waals surface area contributed by atoms with Crippen molar-refractivity contribution in [3.63, 3.8) is 0 Å². The molecule has 2 heterocycles. The lowest BCUT2D eigenvalue weighted by Gasteiger charge is -2.25. The highest BCUT2D eigenvalue weighted by Crippen LogP contribution is 2.28. The first-order valence-electron chi connectivity index (χ1n) is 8.28. The summed E-state index contributed by atoms with van der Waals surface area (Å²) < 4.78 is 0. The van der Waals surface area contributed by atoms with Crippen LogP contribution < -0.4 is 21.0 Å². The molecule has 1 aromatic heterocycles. The van der Waals surface area contributed by atoms with Gasteiger partial charge in [0.25, 0.3) is 11.5 Å². The highest BCUT2D eigenvalue weighted by molar-refractivity contribution is 6.51. The summed E-state index contributed by atoms with van der Waals surface area (Å²) in [5.41, 5.74) is 0.844. The molecule has 0 saturated heterocycles. The number of hydrogen-bond acceptors (Lipinski definition) is 3. The summed E-state index contributed by atoms with van der Waals surface area (Å²) in [5, 5.41) is 6.15. The summed E-state index contributed by atoms with van der Waals surface area (Å²) in [6, 6.07) is 11.6. The Hall–Kier alpha value is -3.09. The second-order valence-corrected chi connectivity index (χ2v) is 7.11. The summed E-state index contributed by atoms with van der Waals surface area (Å²) in [4.78, 5) is 39.7. The zero-order valence-electron chi connectivity index (χ0n) is 14.5. The fraction of sp³-hybridized carbons (Fsp3) is 0.0500. The second-order valence-electron chi connectivity index (χ2n) is 6.26. The fourth-order valence-corrected chi connectivity index (χ4v) is 3.63. The molecular formula is C20H13Cl2N3O3. The summed E-state index contributed by atoms with van der Waals surface area (Å²) in [6.45, 7) is 0. The van der Waals surface area contributed by atoms with E-state index in [1.165, 1.54) is 11.0 Å². The molecule has 1 aliphatic heterocycles. The molecule has 0 bridgehead atoms. The lowest BCUT2D eigenvalue weighted by molar-refractivity contribution is -0.113. The zero-order valence-corrected chi connectivity index (χ0v) is 16.1. The van der Waals surface area contributed by atoms with E-state index in [9.17, 15) is 14.4 Å². The van der Waals surface area contributed by atoms with E-state index in [1.54, 1.807) is 49.5 Å². The molecule has 0 fully saturated rings. The number of H-pyrrole nitrogens is 2. The first kappa shape index (κ1) is 18.3. The number of hydrogen-bond donors (Lipinski definition) is 2. The number of amides is 1. The van der Waals surface area contributed by atoms with Gasteiger partial charge < -0.3 is 4.90 Å². The third kappa shape index (κ3) is 2.87. The number of fused-ring (bicyclic) bond motifs is 1. The summed E-state index contributed by atoms with van der Waals surface area (Å²) in [5.74, 6) is -0.957. The van der Waals surface area contributed by atoms with Gasteiger partial charge in [-0.25, -0.2) is 0 Å². The Balaban J connectivity index is 2.05. The van der Waals surface area contributed by atoms with Crippen LogP contribution in [0.25, 0.3) is 11.6 Å². The monoisotopic (exact) mass is 413 g/mol. The Bertz CT molecular complexity index is 1320. The number of aromatic nitrogens is 2. The molecule has 0 aliphatic carbocycles. The number of carbonyl (C=O) groups excluding carboxylic acids is 2. The van der Waals surface area contributed by atoms with Crippen molar-refractivity contribution in [2.24, 2.45) is 0 Å². The molecule has 0 saturated carbocycles. The number of ketones is 1. The highest BCUT2D eigenvalue weighted by Gasteiger charge is 2.33. The van der Waals surface area contributed by atoms with Crippen LogP contribution in [0.1, 0.15) is 15.9 Å². The Morgan fingerprint density at radius 3 is 2.50 bits per heavy atom. The molecular weight excluding hydrogens is 401 g/mol. The molecule has 0 radical (unpaired) electrons. The molecule has 2 N–H and O–H groups in total. The molecule has 140 valence electrons. The number of benzene rings is 2. The van der Waals surface area contributed by atoms with Crippen molar-refractivity contribution in [2.45, 2.75) is 0 Å². The third-order valence-electron chi connectivity index (χ3n) is 4.58. The van der Waals surface area contributed by atoms with Crippen molar-refractivity contribution in [1.82, 2.24) is 10.2 Å². The van der Waals surface area contributed by atoms with Crippen molar-refractivity contribution >= 4 is 52.2 Å². The second kappa shape index (κ2) is 6.82. The molecule has 0 atom stereocenters. The summed E-state index contributed by atoms with van der Waals surface area (Å²) in [6.07, 6.45) is 1.51. The Kier molecular flexibility index (Phi) is 4.45. The number of nitrogens with zero attached hydrogens (tertiary/aromatic N) is 1. The molecule has 0 unspecified atom stereocenters. The zero-order chi connectivity index (χ0) is 20.0. The van der Waals surface area contributed by atoms with Crippen LogP contribution in [0, 0.1) is 0 Å². The van der Waals surface area contributed by atoms with Crippen LogP contribution in [0.2, 0.25) is 10.0 Å². The van der Waals surface area contributed by atoms with Gasteiger partial charge in [0.05, 0.1) is 16.3 Å². The number of nitrogens with one attached hydrogen (secondary N) is 2. The SMILES string of the molecule is CN1C(=O)C(=c2[nH][nH]c(=O)/c2=C\c2ccc(Cl)cc2Cl)C(=O)c2ccccc21. The van der Waals surface area contributed by atoms with Gasteiger partial charge in [-0.1, -0.05) is 41.4 Å². The van der Waals surface area contributed by atoms with Gasteiger partial charge in [-0.15, -0.1) is 0 Å². The summed E-state index contributed by atoms with van der Waals surface area (Å²) in [7, 11) is 1.58. The third-order valence-corrected chi connectivity index (χ3v) is 5.15. The average Bonchev–Trinajstić information content (AvgIpc) is 3.03. The first-order chi connectivity index (χ1) is 13.4. The van der Waals surface area contributed by atoms with Gasteiger partial charge in [0.2, 0.25) is 5.78 Å². The Morgan fingerprint density at radius 2 is 1.75 bits per heavy atom. The van der Waals surface area contributed by atoms with Gasteiger partial charge in [0, 0.05) is 22.7 Å².